The van der Waals surface area contributed by atoms with Gasteiger partial charge in [0.05, 0.1) is 6.04 Å². The highest BCUT2D eigenvalue weighted by Crippen LogP contribution is 2.30. The lowest BCUT2D eigenvalue weighted by Crippen LogP contribution is -2.30. The fraction of sp³-hybridized carbons (Fsp3) is 0.294. The molecule has 0 saturated carbocycles. The van der Waals surface area contributed by atoms with Crippen LogP contribution in [-0.4, -0.2) is 6.10 Å². The van der Waals surface area contributed by atoms with Gasteiger partial charge in [-0.3, -0.25) is 0 Å². The highest BCUT2D eigenvalue weighted by atomic mass is 19.1. The molecule has 2 unspecified atom stereocenters. The van der Waals surface area contributed by atoms with Gasteiger partial charge in [0.25, 0.3) is 0 Å². The second-order valence-corrected chi connectivity index (χ2v) is 5.23. The second kappa shape index (κ2) is 5.63. The van der Waals surface area contributed by atoms with Crippen molar-refractivity contribution < 1.29 is 9.13 Å². The van der Waals surface area contributed by atoms with Gasteiger partial charge in [-0.2, -0.15) is 0 Å². The largest absolute Gasteiger partial charge is 0.488 e. The lowest BCUT2D eigenvalue weighted by Gasteiger charge is -2.24. The second-order valence-electron chi connectivity index (χ2n) is 5.23. The molecular formula is C17H18FNO. The first-order valence-corrected chi connectivity index (χ1v) is 6.99. The van der Waals surface area contributed by atoms with Crippen LogP contribution in [0.1, 0.15) is 30.0 Å². The van der Waals surface area contributed by atoms with Gasteiger partial charge in [0.2, 0.25) is 0 Å². The Balaban J connectivity index is 1.84. The molecule has 0 heterocycles. The topological polar surface area (TPSA) is 35.2 Å². The molecule has 2 aromatic rings. The maximum Gasteiger partial charge on any atom is 0.126 e. The first kappa shape index (κ1) is 13.1. The number of hydrogen-bond acceptors (Lipinski definition) is 2. The molecule has 2 aromatic carbocycles. The van der Waals surface area contributed by atoms with E-state index in [1.165, 1.54) is 17.7 Å². The van der Waals surface area contributed by atoms with Gasteiger partial charge in [-0.1, -0.05) is 30.3 Å². The Morgan fingerprint density at radius 2 is 1.95 bits per heavy atom. The molecule has 3 heteroatoms. The summed E-state index contributed by atoms with van der Waals surface area (Å²) >= 11 is 0. The van der Waals surface area contributed by atoms with Gasteiger partial charge in [-0.05, 0) is 42.5 Å². The zero-order valence-corrected chi connectivity index (χ0v) is 11.3. The maximum absolute atomic E-state index is 13.2. The normalized spacial score (nSPS) is 21.9. The van der Waals surface area contributed by atoms with E-state index in [1.54, 1.807) is 12.1 Å². The molecule has 2 nitrogen and oxygen atoms in total. The van der Waals surface area contributed by atoms with Crippen molar-refractivity contribution in [3.05, 3.63) is 65.5 Å². The first-order valence-electron chi connectivity index (χ1n) is 6.99. The Morgan fingerprint density at radius 1 is 1.10 bits per heavy atom. The van der Waals surface area contributed by atoms with E-state index in [0.29, 0.717) is 5.75 Å². The maximum atomic E-state index is 13.2. The molecular weight excluding hydrogens is 253 g/mol. The summed E-state index contributed by atoms with van der Waals surface area (Å²) in [7, 11) is 0. The number of hydrogen-bond donors (Lipinski definition) is 1. The van der Waals surface area contributed by atoms with Crippen molar-refractivity contribution in [3.8, 4) is 5.75 Å². The fourth-order valence-electron chi connectivity index (χ4n) is 2.81. The predicted molar refractivity (Wildman–Crippen MR) is 77.1 cm³/mol. The Bertz CT molecular complexity index is 599. The molecule has 0 saturated heterocycles. The van der Waals surface area contributed by atoms with Crippen LogP contribution in [0.2, 0.25) is 0 Å². The third kappa shape index (κ3) is 2.68. The molecule has 104 valence electrons. The van der Waals surface area contributed by atoms with Crippen molar-refractivity contribution in [2.45, 2.75) is 31.4 Å². The van der Waals surface area contributed by atoms with Crippen molar-refractivity contribution >= 4 is 0 Å². The molecule has 0 aliphatic heterocycles. The zero-order valence-electron chi connectivity index (χ0n) is 11.3. The third-order valence-electron chi connectivity index (χ3n) is 3.83. The lowest BCUT2D eigenvalue weighted by molar-refractivity contribution is 0.161. The van der Waals surface area contributed by atoms with Crippen LogP contribution < -0.4 is 10.5 Å². The van der Waals surface area contributed by atoms with Gasteiger partial charge in [0.15, 0.2) is 0 Å². The number of aryl methyl sites for hydroxylation is 1. The number of nitrogens with two attached hydrogens (primary N) is 1. The van der Waals surface area contributed by atoms with Crippen molar-refractivity contribution in [2.24, 2.45) is 5.73 Å². The average molecular weight is 271 g/mol. The molecule has 3 rings (SSSR count). The van der Waals surface area contributed by atoms with Crippen molar-refractivity contribution in [2.75, 3.05) is 0 Å². The number of ether oxygens (including phenoxy) is 1. The van der Waals surface area contributed by atoms with E-state index >= 15 is 0 Å². The molecule has 2 N–H and O–H groups in total. The van der Waals surface area contributed by atoms with Gasteiger partial charge < -0.3 is 10.5 Å². The first-order chi connectivity index (χ1) is 9.74. The van der Waals surface area contributed by atoms with Gasteiger partial charge >= 0.3 is 0 Å². The smallest absolute Gasteiger partial charge is 0.126 e. The van der Waals surface area contributed by atoms with Crippen LogP contribution in [0.3, 0.4) is 0 Å². The monoisotopic (exact) mass is 271 g/mol. The van der Waals surface area contributed by atoms with Gasteiger partial charge in [-0.25, -0.2) is 4.39 Å². The molecule has 2 atom stereocenters. The molecule has 20 heavy (non-hydrogen) atoms. The number of rotatable bonds is 2. The van der Waals surface area contributed by atoms with E-state index in [1.807, 2.05) is 12.1 Å². The molecule has 0 aromatic heterocycles. The minimum atomic E-state index is -0.287. The Hall–Kier alpha value is -1.87. The van der Waals surface area contributed by atoms with E-state index in [2.05, 4.69) is 12.1 Å². The quantitative estimate of drug-likeness (QED) is 0.847. The van der Waals surface area contributed by atoms with E-state index in [-0.39, 0.29) is 18.0 Å². The molecule has 0 bridgehead atoms. The van der Waals surface area contributed by atoms with Crippen molar-refractivity contribution in [3.63, 3.8) is 0 Å². The number of benzene rings is 2. The Morgan fingerprint density at radius 3 is 2.80 bits per heavy atom. The van der Waals surface area contributed by atoms with Crippen LogP contribution in [0, 0.1) is 5.82 Å². The Labute approximate surface area is 118 Å². The SMILES string of the molecule is NC1c2ccccc2CCCC1Oc1cccc(F)c1. The molecule has 0 radical (unpaired) electrons. The summed E-state index contributed by atoms with van der Waals surface area (Å²) in [6.07, 6.45) is 2.82. The summed E-state index contributed by atoms with van der Waals surface area (Å²) in [6.45, 7) is 0. The molecule has 0 spiro atoms. The summed E-state index contributed by atoms with van der Waals surface area (Å²) < 4.78 is 19.1. The van der Waals surface area contributed by atoms with Gasteiger partial charge in [0, 0.05) is 6.07 Å². The summed E-state index contributed by atoms with van der Waals surface area (Å²) in [4.78, 5) is 0. The highest BCUT2D eigenvalue weighted by molar-refractivity contribution is 5.32. The minimum Gasteiger partial charge on any atom is -0.488 e. The molecule has 0 amide bonds. The number of halogens is 1. The Kier molecular flexibility index (Phi) is 3.70. The fourth-order valence-corrected chi connectivity index (χ4v) is 2.81. The number of fused-ring (bicyclic) bond motifs is 1. The van der Waals surface area contributed by atoms with Crippen molar-refractivity contribution in [1.82, 2.24) is 0 Å². The van der Waals surface area contributed by atoms with Crippen LogP contribution in [-0.2, 0) is 6.42 Å². The van der Waals surface area contributed by atoms with Crippen LogP contribution >= 0.6 is 0 Å². The van der Waals surface area contributed by atoms with Crippen LogP contribution in [0.5, 0.6) is 5.75 Å². The average Bonchev–Trinajstić information content (AvgIpc) is 2.60. The van der Waals surface area contributed by atoms with Crippen molar-refractivity contribution in [1.29, 1.82) is 0 Å². The zero-order chi connectivity index (χ0) is 13.9. The van der Waals surface area contributed by atoms with Crippen LogP contribution in [0.4, 0.5) is 4.39 Å². The summed E-state index contributed by atoms with van der Waals surface area (Å²) in [5, 5.41) is 0. The summed E-state index contributed by atoms with van der Waals surface area (Å²) in [6, 6.07) is 14.3. The third-order valence-corrected chi connectivity index (χ3v) is 3.83. The molecule has 0 fully saturated rings. The highest BCUT2D eigenvalue weighted by Gasteiger charge is 2.26. The summed E-state index contributed by atoms with van der Waals surface area (Å²) in [5.41, 5.74) is 8.80. The predicted octanol–water partition coefficient (Wildman–Crippen LogP) is 3.61. The molecule has 1 aliphatic rings. The van der Waals surface area contributed by atoms with E-state index < -0.39 is 0 Å². The lowest BCUT2D eigenvalue weighted by atomic mass is 9.98. The standard InChI is InChI=1S/C17H18FNO/c18-13-7-4-8-14(11-13)20-16-10-3-6-12-5-1-2-9-15(12)17(16)19/h1-2,4-5,7-9,11,16-17H,3,6,10,19H2. The van der Waals surface area contributed by atoms with Crippen LogP contribution in [0.15, 0.2) is 48.5 Å². The van der Waals surface area contributed by atoms with Gasteiger partial charge in [0.1, 0.15) is 17.7 Å². The van der Waals surface area contributed by atoms with Gasteiger partial charge in [-0.15, -0.1) is 0 Å². The van der Waals surface area contributed by atoms with Crippen LogP contribution in [0.25, 0.3) is 0 Å². The molecule has 1 aliphatic carbocycles. The van der Waals surface area contributed by atoms with E-state index in [4.69, 9.17) is 10.5 Å². The minimum absolute atomic E-state index is 0.111. The summed E-state index contributed by atoms with van der Waals surface area (Å²) in [5.74, 6) is 0.259. The van der Waals surface area contributed by atoms with E-state index in [9.17, 15) is 4.39 Å². The van der Waals surface area contributed by atoms with E-state index in [0.717, 1.165) is 24.8 Å².